The Labute approximate surface area is 137 Å². The van der Waals surface area contributed by atoms with Gasteiger partial charge in [-0.15, -0.1) is 0 Å². The summed E-state index contributed by atoms with van der Waals surface area (Å²) in [6.07, 6.45) is 2.79. The number of hydrogen-bond acceptors (Lipinski definition) is 4. The van der Waals surface area contributed by atoms with Gasteiger partial charge >= 0.3 is 0 Å². The van der Waals surface area contributed by atoms with Gasteiger partial charge in [0.1, 0.15) is 5.75 Å². The lowest BCUT2D eigenvalue weighted by Gasteiger charge is -2.29. The Morgan fingerprint density at radius 1 is 1.09 bits per heavy atom. The Morgan fingerprint density at radius 3 is 2.70 bits per heavy atom. The number of piperidine rings is 1. The summed E-state index contributed by atoms with van der Waals surface area (Å²) in [4.78, 5) is 2.42. The molecule has 0 amide bonds. The van der Waals surface area contributed by atoms with Gasteiger partial charge in [-0.05, 0) is 49.2 Å². The second kappa shape index (κ2) is 7.77. The molecule has 0 spiro atoms. The van der Waals surface area contributed by atoms with Gasteiger partial charge in [-0.2, -0.15) is 0 Å². The van der Waals surface area contributed by atoms with Crippen LogP contribution in [0.25, 0.3) is 10.8 Å². The minimum atomic E-state index is -0.0984. The highest BCUT2D eigenvalue weighted by molar-refractivity contribution is 5.87. The molecule has 1 heterocycles. The van der Waals surface area contributed by atoms with Gasteiger partial charge in [-0.25, -0.2) is 0 Å². The number of fused-ring (bicyclic) bond motifs is 1. The third-order valence-electron chi connectivity index (χ3n) is 4.70. The SMILES string of the molecule is Oc1ccc2ccccc2c1CNCCCN1CCC(O)CC1. The lowest BCUT2D eigenvalue weighted by molar-refractivity contribution is 0.0821. The molecule has 0 radical (unpaired) electrons. The molecule has 0 saturated carbocycles. The van der Waals surface area contributed by atoms with E-state index >= 15 is 0 Å². The van der Waals surface area contributed by atoms with E-state index in [-0.39, 0.29) is 6.10 Å². The molecule has 2 aromatic carbocycles. The number of hydrogen-bond donors (Lipinski definition) is 3. The minimum absolute atomic E-state index is 0.0984. The lowest BCUT2D eigenvalue weighted by Crippen LogP contribution is -2.37. The first-order valence-corrected chi connectivity index (χ1v) is 8.55. The van der Waals surface area contributed by atoms with Crippen molar-refractivity contribution in [3.63, 3.8) is 0 Å². The monoisotopic (exact) mass is 314 g/mol. The topological polar surface area (TPSA) is 55.7 Å². The molecule has 124 valence electrons. The number of nitrogens with zero attached hydrogens (tertiary/aromatic N) is 1. The Morgan fingerprint density at radius 2 is 1.87 bits per heavy atom. The fourth-order valence-corrected chi connectivity index (χ4v) is 3.29. The lowest BCUT2D eigenvalue weighted by atomic mass is 10.0. The van der Waals surface area contributed by atoms with Crippen molar-refractivity contribution in [1.29, 1.82) is 0 Å². The van der Waals surface area contributed by atoms with E-state index in [0.29, 0.717) is 12.3 Å². The quantitative estimate of drug-likeness (QED) is 0.717. The molecule has 0 bridgehead atoms. The molecule has 4 heteroatoms. The first-order valence-electron chi connectivity index (χ1n) is 8.55. The largest absolute Gasteiger partial charge is 0.508 e. The number of likely N-dealkylation sites (tertiary alicyclic amines) is 1. The van der Waals surface area contributed by atoms with Gasteiger partial charge in [-0.3, -0.25) is 0 Å². The first-order chi connectivity index (χ1) is 11.2. The fraction of sp³-hybridized carbons (Fsp3) is 0.474. The molecule has 1 fully saturated rings. The normalized spacial score (nSPS) is 16.9. The first kappa shape index (κ1) is 16.2. The molecule has 0 atom stereocenters. The predicted molar refractivity (Wildman–Crippen MR) is 93.6 cm³/mol. The third-order valence-corrected chi connectivity index (χ3v) is 4.70. The number of aliphatic hydroxyl groups excluding tert-OH is 1. The summed E-state index contributed by atoms with van der Waals surface area (Å²) in [5.41, 5.74) is 0.976. The maximum atomic E-state index is 10.1. The summed E-state index contributed by atoms with van der Waals surface area (Å²) in [6.45, 7) is 4.70. The van der Waals surface area contributed by atoms with E-state index in [2.05, 4.69) is 22.3 Å². The van der Waals surface area contributed by atoms with Crippen LogP contribution in [0.2, 0.25) is 0 Å². The van der Waals surface area contributed by atoms with Crippen LogP contribution < -0.4 is 5.32 Å². The van der Waals surface area contributed by atoms with E-state index in [9.17, 15) is 10.2 Å². The molecule has 0 unspecified atom stereocenters. The molecule has 23 heavy (non-hydrogen) atoms. The van der Waals surface area contributed by atoms with Crippen molar-refractivity contribution in [2.24, 2.45) is 0 Å². The number of aliphatic hydroxyl groups is 1. The van der Waals surface area contributed by atoms with Crippen molar-refractivity contribution in [1.82, 2.24) is 10.2 Å². The van der Waals surface area contributed by atoms with E-state index in [4.69, 9.17) is 0 Å². The van der Waals surface area contributed by atoms with Crippen LogP contribution in [0.4, 0.5) is 0 Å². The molecule has 1 aliphatic heterocycles. The summed E-state index contributed by atoms with van der Waals surface area (Å²) in [5, 5.41) is 25.4. The van der Waals surface area contributed by atoms with Gasteiger partial charge in [0.2, 0.25) is 0 Å². The van der Waals surface area contributed by atoms with Crippen molar-refractivity contribution < 1.29 is 10.2 Å². The van der Waals surface area contributed by atoms with Crippen molar-refractivity contribution in [2.45, 2.75) is 31.9 Å². The van der Waals surface area contributed by atoms with Crippen molar-refractivity contribution in [3.8, 4) is 5.75 Å². The Balaban J connectivity index is 1.47. The second-order valence-corrected chi connectivity index (χ2v) is 6.39. The van der Waals surface area contributed by atoms with Crippen LogP contribution in [0, 0.1) is 0 Å². The minimum Gasteiger partial charge on any atom is -0.508 e. The number of benzene rings is 2. The summed E-state index contributed by atoms with van der Waals surface area (Å²) in [6, 6.07) is 11.9. The smallest absolute Gasteiger partial charge is 0.120 e. The van der Waals surface area contributed by atoms with E-state index in [1.165, 1.54) is 0 Å². The van der Waals surface area contributed by atoms with Gasteiger partial charge in [0.05, 0.1) is 6.10 Å². The van der Waals surface area contributed by atoms with E-state index in [0.717, 1.165) is 61.8 Å². The van der Waals surface area contributed by atoms with Gasteiger partial charge < -0.3 is 20.4 Å². The zero-order valence-electron chi connectivity index (χ0n) is 13.5. The highest BCUT2D eigenvalue weighted by Gasteiger charge is 2.16. The van der Waals surface area contributed by atoms with Crippen LogP contribution in [0.15, 0.2) is 36.4 Å². The van der Waals surface area contributed by atoms with E-state index < -0.39 is 0 Å². The highest BCUT2D eigenvalue weighted by atomic mass is 16.3. The van der Waals surface area contributed by atoms with Gasteiger partial charge in [0.15, 0.2) is 0 Å². The third kappa shape index (κ3) is 4.22. The Hall–Kier alpha value is -1.62. The van der Waals surface area contributed by atoms with Gasteiger partial charge in [0.25, 0.3) is 0 Å². The molecule has 1 aliphatic rings. The summed E-state index contributed by atoms with van der Waals surface area (Å²) >= 11 is 0. The van der Waals surface area contributed by atoms with Crippen LogP contribution >= 0.6 is 0 Å². The molecule has 3 rings (SSSR count). The standard InChI is InChI=1S/C19H26N2O2/c22-16-8-12-21(13-9-16)11-3-10-20-14-18-17-5-2-1-4-15(17)6-7-19(18)23/h1-2,4-7,16,20,22-23H,3,8-14H2. The molecule has 1 saturated heterocycles. The number of phenols is 1. The second-order valence-electron chi connectivity index (χ2n) is 6.39. The molecular weight excluding hydrogens is 288 g/mol. The summed E-state index contributed by atoms with van der Waals surface area (Å²) in [5.74, 6) is 0.362. The van der Waals surface area contributed by atoms with Crippen LogP contribution in [-0.2, 0) is 6.54 Å². The van der Waals surface area contributed by atoms with Crippen molar-refractivity contribution in [3.05, 3.63) is 42.0 Å². The van der Waals surface area contributed by atoms with Crippen LogP contribution in [0.5, 0.6) is 5.75 Å². The van der Waals surface area contributed by atoms with Crippen LogP contribution in [0.1, 0.15) is 24.8 Å². The van der Waals surface area contributed by atoms with Gasteiger partial charge in [-0.1, -0.05) is 30.3 Å². The molecule has 2 aromatic rings. The number of aromatic hydroxyl groups is 1. The maximum Gasteiger partial charge on any atom is 0.120 e. The molecule has 0 aliphatic carbocycles. The average molecular weight is 314 g/mol. The van der Waals surface area contributed by atoms with Crippen molar-refractivity contribution >= 4 is 10.8 Å². The Kier molecular flexibility index (Phi) is 5.49. The summed E-state index contributed by atoms with van der Waals surface area (Å²) < 4.78 is 0. The number of rotatable bonds is 6. The fourth-order valence-electron chi connectivity index (χ4n) is 3.29. The van der Waals surface area contributed by atoms with Crippen molar-refractivity contribution in [2.75, 3.05) is 26.2 Å². The molecule has 3 N–H and O–H groups in total. The molecular formula is C19H26N2O2. The van der Waals surface area contributed by atoms with Crippen LogP contribution in [0.3, 0.4) is 0 Å². The number of phenolic OH excluding ortho intramolecular Hbond substituents is 1. The average Bonchev–Trinajstić information content (AvgIpc) is 2.58. The highest BCUT2D eigenvalue weighted by Crippen LogP contribution is 2.26. The Bertz CT molecular complexity index is 636. The molecule has 4 nitrogen and oxygen atoms in total. The van der Waals surface area contributed by atoms with E-state index in [1.54, 1.807) is 6.07 Å². The summed E-state index contributed by atoms with van der Waals surface area (Å²) in [7, 11) is 0. The maximum absolute atomic E-state index is 10.1. The van der Waals surface area contributed by atoms with E-state index in [1.807, 2.05) is 18.2 Å². The molecule has 0 aromatic heterocycles. The van der Waals surface area contributed by atoms with Gasteiger partial charge in [0, 0.05) is 25.2 Å². The predicted octanol–water partition coefficient (Wildman–Crippen LogP) is 2.48. The zero-order chi connectivity index (χ0) is 16.1. The van der Waals surface area contributed by atoms with Crippen LogP contribution in [-0.4, -0.2) is 47.4 Å². The number of nitrogens with one attached hydrogen (secondary N) is 1. The zero-order valence-corrected chi connectivity index (χ0v) is 13.5.